The van der Waals surface area contributed by atoms with Gasteiger partial charge in [-0.3, -0.25) is 25.0 Å². The van der Waals surface area contributed by atoms with Crippen molar-refractivity contribution in [3.05, 3.63) is 57.2 Å². The number of methoxy groups -OCH3 is 1. The van der Waals surface area contributed by atoms with Crippen molar-refractivity contribution in [1.82, 2.24) is 4.98 Å². The minimum absolute atomic E-state index is 0.113. The molecule has 1 aromatic heterocycles. The number of anilines is 2. The highest BCUT2D eigenvalue weighted by Crippen LogP contribution is 2.35. The number of rotatable bonds is 8. The number of thiazole rings is 1. The molecule has 0 fully saturated rings. The fourth-order valence-electron chi connectivity index (χ4n) is 2.93. The monoisotopic (exact) mass is 474 g/mol. The van der Waals surface area contributed by atoms with E-state index in [0.717, 1.165) is 23.5 Å². The topological polar surface area (TPSA) is 133 Å². The molecule has 3 rings (SSSR count). The number of carbonyl (C=O) groups excluding carboxylic acids is 2. The van der Waals surface area contributed by atoms with Crippen LogP contribution in [0.25, 0.3) is 11.3 Å². The molecule has 0 aliphatic rings. The van der Waals surface area contributed by atoms with Crippen LogP contribution < -0.4 is 20.1 Å². The Hall–Kier alpha value is -4.06. The molecule has 10 nitrogen and oxygen atoms in total. The first kappa shape index (κ1) is 23.6. The number of nitrogens with zero attached hydrogens (tertiary/aromatic N) is 2. The lowest BCUT2D eigenvalue weighted by Crippen LogP contribution is -2.14. The van der Waals surface area contributed by atoms with Crippen molar-refractivity contribution in [3.8, 4) is 22.8 Å². The molecule has 0 saturated carbocycles. The minimum Gasteiger partial charge on any atom is -0.493 e. The van der Waals surface area contributed by atoms with Crippen LogP contribution in [0.5, 0.6) is 11.5 Å². The Balaban J connectivity index is 1.87. The number of halogens is 1. The van der Waals surface area contributed by atoms with E-state index in [2.05, 4.69) is 15.6 Å². The minimum atomic E-state index is -0.787. The van der Waals surface area contributed by atoms with E-state index in [1.807, 2.05) is 0 Å². The lowest BCUT2D eigenvalue weighted by Gasteiger charge is -2.11. The molecule has 0 aliphatic heterocycles. The van der Waals surface area contributed by atoms with Crippen LogP contribution in [-0.2, 0) is 4.79 Å². The van der Waals surface area contributed by atoms with Crippen LogP contribution in [0.15, 0.2) is 35.7 Å². The van der Waals surface area contributed by atoms with Gasteiger partial charge in [0.05, 0.1) is 30.4 Å². The summed E-state index contributed by atoms with van der Waals surface area (Å²) < 4.78 is 25.0. The quantitative estimate of drug-likeness (QED) is 0.363. The molecule has 0 spiro atoms. The highest BCUT2D eigenvalue weighted by atomic mass is 32.1. The second-order valence-corrected chi connectivity index (χ2v) is 7.44. The molecule has 1 heterocycles. The van der Waals surface area contributed by atoms with Gasteiger partial charge in [0.25, 0.3) is 11.6 Å². The summed E-state index contributed by atoms with van der Waals surface area (Å²) in [5.74, 6) is -1.44. The number of nitro benzene ring substituents is 1. The second-order valence-electron chi connectivity index (χ2n) is 6.58. The maximum atomic E-state index is 14.5. The van der Waals surface area contributed by atoms with Gasteiger partial charge in [0, 0.05) is 29.6 Å². The molecule has 0 radical (unpaired) electrons. The van der Waals surface area contributed by atoms with Crippen LogP contribution in [0.1, 0.15) is 24.2 Å². The van der Waals surface area contributed by atoms with Crippen LogP contribution in [0.4, 0.5) is 20.9 Å². The number of carbonyl (C=O) groups is 2. The zero-order chi connectivity index (χ0) is 24.1. The van der Waals surface area contributed by atoms with Crippen molar-refractivity contribution in [2.45, 2.75) is 13.8 Å². The summed E-state index contributed by atoms with van der Waals surface area (Å²) in [5, 5.41) is 18.1. The molecule has 3 aromatic rings. The smallest absolute Gasteiger partial charge is 0.286 e. The SMILES string of the molecule is CCOc1cc([N+](=O)[O-])c(C(=O)Nc2nc(-c3ccc(NC(C)=O)cc3F)cs2)cc1OC. The number of nitro groups is 1. The third kappa shape index (κ3) is 5.41. The predicted molar refractivity (Wildman–Crippen MR) is 121 cm³/mol. The largest absolute Gasteiger partial charge is 0.493 e. The summed E-state index contributed by atoms with van der Waals surface area (Å²) in [4.78, 5) is 38.9. The third-order valence-corrected chi connectivity index (χ3v) is 5.07. The Kier molecular flexibility index (Phi) is 7.18. The van der Waals surface area contributed by atoms with Gasteiger partial charge in [-0.05, 0) is 25.1 Å². The summed E-state index contributed by atoms with van der Waals surface area (Å²) in [6.07, 6.45) is 0. The molecule has 2 amide bonds. The van der Waals surface area contributed by atoms with E-state index in [9.17, 15) is 24.1 Å². The van der Waals surface area contributed by atoms with Crippen molar-refractivity contribution >= 4 is 39.7 Å². The lowest BCUT2D eigenvalue weighted by molar-refractivity contribution is -0.385. The Morgan fingerprint density at radius 2 is 1.97 bits per heavy atom. The molecular weight excluding hydrogens is 455 g/mol. The van der Waals surface area contributed by atoms with E-state index in [4.69, 9.17) is 9.47 Å². The summed E-state index contributed by atoms with van der Waals surface area (Å²) in [5.41, 5.74) is -0.00388. The van der Waals surface area contributed by atoms with Crippen LogP contribution >= 0.6 is 11.3 Å². The van der Waals surface area contributed by atoms with Gasteiger partial charge in [0.15, 0.2) is 16.6 Å². The van der Waals surface area contributed by atoms with E-state index in [1.54, 1.807) is 6.92 Å². The molecule has 33 heavy (non-hydrogen) atoms. The summed E-state index contributed by atoms with van der Waals surface area (Å²) in [7, 11) is 1.35. The highest BCUT2D eigenvalue weighted by molar-refractivity contribution is 7.14. The molecule has 0 aliphatic carbocycles. The Bertz CT molecular complexity index is 1230. The molecule has 0 unspecified atom stereocenters. The average molecular weight is 474 g/mol. The van der Waals surface area contributed by atoms with Crippen molar-refractivity contribution in [2.75, 3.05) is 24.4 Å². The van der Waals surface area contributed by atoms with Gasteiger partial charge in [0.2, 0.25) is 5.91 Å². The molecule has 2 aromatic carbocycles. The first-order valence-electron chi connectivity index (χ1n) is 9.57. The molecule has 12 heteroatoms. The van der Waals surface area contributed by atoms with Crippen LogP contribution in [0.2, 0.25) is 0 Å². The average Bonchev–Trinajstić information content (AvgIpc) is 3.21. The third-order valence-electron chi connectivity index (χ3n) is 4.31. The van der Waals surface area contributed by atoms with E-state index in [0.29, 0.717) is 5.69 Å². The van der Waals surface area contributed by atoms with E-state index >= 15 is 0 Å². The van der Waals surface area contributed by atoms with Crippen LogP contribution in [0, 0.1) is 15.9 Å². The summed E-state index contributed by atoms with van der Waals surface area (Å²) in [6, 6.07) is 6.46. The number of benzene rings is 2. The summed E-state index contributed by atoms with van der Waals surface area (Å²) in [6.45, 7) is 3.27. The second kappa shape index (κ2) is 10.0. The van der Waals surface area contributed by atoms with Gasteiger partial charge in [-0.1, -0.05) is 0 Å². The van der Waals surface area contributed by atoms with Gasteiger partial charge in [-0.25, -0.2) is 9.37 Å². The van der Waals surface area contributed by atoms with Gasteiger partial charge >= 0.3 is 0 Å². The van der Waals surface area contributed by atoms with Crippen molar-refractivity contribution in [3.63, 3.8) is 0 Å². The van der Waals surface area contributed by atoms with Crippen molar-refractivity contribution < 1.29 is 28.4 Å². The maximum absolute atomic E-state index is 14.5. The first-order valence-corrected chi connectivity index (χ1v) is 10.4. The normalized spacial score (nSPS) is 10.4. The first-order chi connectivity index (χ1) is 15.7. The van der Waals surface area contributed by atoms with Gasteiger partial charge in [0.1, 0.15) is 11.4 Å². The lowest BCUT2D eigenvalue weighted by atomic mass is 10.1. The van der Waals surface area contributed by atoms with Crippen LogP contribution in [-0.4, -0.2) is 35.4 Å². The molecule has 0 atom stereocenters. The van der Waals surface area contributed by atoms with E-state index in [1.165, 1.54) is 37.6 Å². The number of hydrogen-bond donors (Lipinski definition) is 2. The number of ether oxygens (including phenoxy) is 2. The number of amides is 2. The van der Waals surface area contributed by atoms with E-state index in [-0.39, 0.29) is 46.0 Å². The van der Waals surface area contributed by atoms with E-state index < -0.39 is 22.3 Å². The van der Waals surface area contributed by atoms with Gasteiger partial charge in [-0.2, -0.15) is 0 Å². The Morgan fingerprint density at radius 3 is 2.58 bits per heavy atom. The highest BCUT2D eigenvalue weighted by Gasteiger charge is 2.25. The molecular formula is C21H19FN4O6S. The van der Waals surface area contributed by atoms with Gasteiger partial charge in [-0.15, -0.1) is 11.3 Å². The number of nitrogens with one attached hydrogen (secondary N) is 2. The van der Waals surface area contributed by atoms with Crippen LogP contribution in [0.3, 0.4) is 0 Å². The Labute approximate surface area is 191 Å². The van der Waals surface area contributed by atoms with Gasteiger partial charge < -0.3 is 14.8 Å². The predicted octanol–water partition coefficient (Wildman–Crippen LogP) is 4.48. The summed E-state index contributed by atoms with van der Waals surface area (Å²) >= 11 is 1.02. The fraction of sp³-hybridized carbons (Fsp3) is 0.190. The number of hydrogen-bond acceptors (Lipinski definition) is 8. The Morgan fingerprint density at radius 1 is 1.21 bits per heavy atom. The van der Waals surface area contributed by atoms with Crippen molar-refractivity contribution in [2.24, 2.45) is 0 Å². The zero-order valence-electron chi connectivity index (χ0n) is 17.8. The fourth-order valence-corrected chi connectivity index (χ4v) is 3.64. The molecule has 0 bridgehead atoms. The molecule has 2 N–H and O–H groups in total. The standard InChI is InChI=1S/C21H19FN4O6S/c1-4-32-19-9-17(26(29)30)14(8-18(19)31-3)20(28)25-21-24-16(10-33-21)13-6-5-12(7-15(13)22)23-11(2)27/h5-10H,4H2,1-3H3,(H,23,27)(H,24,25,28). The molecule has 172 valence electrons. The maximum Gasteiger partial charge on any atom is 0.286 e. The number of aromatic nitrogens is 1. The molecule has 0 saturated heterocycles. The van der Waals surface area contributed by atoms with Crippen molar-refractivity contribution in [1.29, 1.82) is 0 Å². The zero-order valence-corrected chi connectivity index (χ0v) is 18.6.